The van der Waals surface area contributed by atoms with E-state index >= 15 is 0 Å². The summed E-state index contributed by atoms with van der Waals surface area (Å²) in [6, 6.07) is 18.2. The number of aromatic nitrogens is 5. The molecule has 14 heteroatoms. The Kier molecular flexibility index (Phi) is 8.89. The molecule has 3 aromatic carbocycles. The third kappa shape index (κ3) is 7.75. The summed E-state index contributed by atoms with van der Waals surface area (Å²) in [5, 5.41) is 13.4. The van der Waals surface area contributed by atoms with Crippen LogP contribution in [-0.2, 0) is 17.5 Å². The second-order valence-electron chi connectivity index (χ2n) is 11.3. The largest absolute Gasteiger partial charge is 0.444 e. The Morgan fingerprint density at radius 3 is 2.43 bits per heavy atom. The first-order valence-corrected chi connectivity index (χ1v) is 14.2. The topological polar surface area (TPSA) is 133 Å². The maximum absolute atomic E-state index is 13.6. The molecular weight excluding hydrogens is 603 g/mol. The molecule has 0 saturated heterocycles. The highest BCUT2D eigenvalue weighted by atomic mass is 19.4. The van der Waals surface area contributed by atoms with Gasteiger partial charge in [0.15, 0.2) is 0 Å². The second-order valence-corrected chi connectivity index (χ2v) is 11.3. The van der Waals surface area contributed by atoms with E-state index in [0.717, 1.165) is 12.1 Å². The monoisotopic (exact) mass is 633 g/mol. The molecular formula is C32H30F3N7O4. The third-order valence-electron chi connectivity index (χ3n) is 6.66. The van der Waals surface area contributed by atoms with Crippen molar-refractivity contribution in [1.29, 1.82) is 0 Å². The van der Waals surface area contributed by atoms with Crippen LogP contribution in [0.15, 0.2) is 79.0 Å². The molecule has 2 aromatic heterocycles. The Bertz CT molecular complexity index is 1870. The lowest BCUT2D eigenvalue weighted by molar-refractivity contribution is -0.137. The van der Waals surface area contributed by atoms with Crippen molar-refractivity contribution in [1.82, 2.24) is 35.8 Å². The number of alkyl halides is 3. The van der Waals surface area contributed by atoms with Gasteiger partial charge in [0.05, 0.1) is 11.6 Å². The summed E-state index contributed by atoms with van der Waals surface area (Å²) in [6.45, 7) is 6.83. The van der Waals surface area contributed by atoms with E-state index in [0.29, 0.717) is 33.3 Å². The zero-order valence-electron chi connectivity index (χ0n) is 25.3. The number of hydrogen-bond acceptors (Lipinski definition) is 8. The van der Waals surface area contributed by atoms with Gasteiger partial charge < -0.3 is 20.2 Å². The fraction of sp³-hybridized carbons (Fsp3) is 0.250. The van der Waals surface area contributed by atoms with Gasteiger partial charge >= 0.3 is 12.3 Å². The molecule has 5 rings (SSSR count). The Labute approximate surface area is 261 Å². The number of alkyl carbamates (subject to hydrolysis) is 1. The Morgan fingerprint density at radius 1 is 0.978 bits per heavy atom. The van der Waals surface area contributed by atoms with Crippen LogP contribution in [-0.4, -0.2) is 42.7 Å². The minimum Gasteiger partial charge on any atom is -0.444 e. The van der Waals surface area contributed by atoms with Crippen LogP contribution in [0.3, 0.4) is 0 Å². The van der Waals surface area contributed by atoms with Crippen LogP contribution in [0.1, 0.15) is 61.0 Å². The smallest absolute Gasteiger partial charge is 0.416 e. The van der Waals surface area contributed by atoms with E-state index < -0.39 is 35.4 Å². The molecule has 0 saturated carbocycles. The predicted octanol–water partition coefficient (Wildman–Crippen LogP) is 6.26. The van der Waals surface area contributed by atoms with Crippen molar-refractivity contribution in [3.8, 4) is 17.0 Å². The van der Waals surface area contributed by atoms with Gasteiger partial charge in [0, 0.05) is 18.8 Å². The van der Waals surface area contributed by atoms with E-state index in [-0.39, 0.29) is 18.2 Å². The fourth-order valence-electron chi connectivity index (χ4n) is 4.46. The number of nitrogens with one attached hydrogen (secondary N) is 2. The minimum atomic E-state index is -4.56. The molecule has 0 unspecified atom stereocenters. The third-order valence-corrected chi connectivity index (χ3v) is 6.66. The summed E-state index contributed by atoms with van der Waals surface area (Å²) in [7, 11) is 0. The molecule has 2 N–H and O–H groups in total. The molecule has 0 aliphatic rings. The quantitative estimate of drug-likeness (QED) is 0.205. The minimum absolute atomic E-state index is 0.0491. The lowest BCUT2D eigenvalue weighted by Gasteiger charge is -2.20. The van der Waals surface area contributed by atoms with Crippen LogP contribution < -0.4 is 15.5 Å². The Balaban J connectivity index is 1.29. The van der Waals surface area contributed by atoms with Crippen molar-refractivity contribution in [2.24, 2.45) is 0 Å². The molecule has 0 aliphatic carbocycles. The fourth-order valence-corrected chi connectivity index (χ4v) is 4.46. The van der Waals surface area contributed by atoms with Gasteiger partial charge in [0.25, 0.3) is 11.8 Å². The second kappa shape index (κ2) is 12.8. The molecule has 11 nitrogen and oxygen atoms in total. The van der Waals surface area contributed by atoms with Crippen molar-refractivity contribution in [3.63, 3.8) is 0 Å². The zero-order valence-corrected chi connectivity index (χ0v) is 25.3. The molecule has 0 spiro atoms. The van der Waals surface area contributed by atoms with Crippen LogP contribution >= 0.6 is 0 Å². The van der Waals surface area contributed by atoms with Gasteiger partial charge in [-0.05, 0) is 79.4 Å². The van der Waals surface area contributed by atoms with E-state index in [4.69, 9.17) is 9.57 Å². The van der Waals surface area contributed by atoms with Crippen LogP contribution in [0.25, 0.3) is 22.2 Å². The van der Waals surface area contributed by atoms with Crippen LogP contribution in [0.4, 0.5) is 18.0 Å². The highest BCUT2D eigenvalue weighted by Gasteiger charge is 2.31. The van der Waals surface area contributed by atoms with Gasteiger partial charge in [0.2, 0.25) is 5.82 Å². The molecule has 0 radical (unpaired) electrons. The number of amides is 2. The lowest BCUT2D eigenvalue weighted by Crippen LogP contribution is -2.32. The Morgan fingerprint density at radius 2 is 1.72 bits per heavy atom. The number of para-hydroxylation sites is 1. The van der Waals surface area contributed by atoms with Gasteiger partial charge in [-0.3, -0.25) is 4.79 Å². The number of carbonyl (C=O) groups is 2. The van der Waals surface area contributed by atoms with E-state index in [1.807, 2.05) is 6.07 Å². The molecule has 2 heterocycles. The molecule has 238 valence electrons. The highest BCUT2D eigenvalue weighted by molar-refractivity contribution is 5.90. The van der Waals surface area contributed by atoms with Crippen LogP contribution in [0.5, 0.6) is 5.88 Å². The summed E-state index contributed by atoms with van der Waals surface area (Å²) in [5.41, 5.74) is 1.60. The van der Waals surface area contributed by atoms with Crippen molar-refractivity contribution in [3.05, 3.63) is 102 Å². The summed E-state index contributed by atoms with van der Waals surface area (Å²) in [6.07, 6.45) is -3.87. The SMILES string of the molecule is C[C@@H](NC(=O)c1nccc(On2nnc3ccccc32)n1)c1ccc(-c2cc(C(F)(F)F)ccc2CNC(=O)OC(C)(C)C)cc1. The van der Waals surface area contributed by atoms with Crippen molar-refractivity contribution in [2.75, 3.05) is 0 Å². The highest BCUT2D eigenvalue weighted by Crippen LogP contribution is 2.34. The summed E-state index contributed by atoms with van der Waals surface area (Å²) in [5.74, 6) is -0.638. The summed E-state index contributed by atoms with van der Waals surface area (Å²) < 4.78 is 46.0. The van der Waals surface area contributed by atoms with E-state index in [1.165, 1.54) is 23.2 Å². The number of carbonyl (C=O) groups excluding carboxylic acids is 2. The first kappa shape index (κ1) is 31.9. The van der Waals surface area contributed by atoms with Gasteiger partial charge in [-0.2, -0.15) is 18.2 Å². The lowest BCUT2D eigenvalue weighted by atomic mass is 9.95. The van der Waals surface area contributed by atoms with Gasteiger partial charge in [-0.1, -0.05) is 47.3 Å². The first-order valence-electron chi connectivity index (χ1n) is 14.2. The Hall–Kier alpha value is -5.53. The van der Waals surface area contributed by atoms with E-state index in [2.05, 4.69) is 30.9 Å². The average molecular weight is 634 g/mol. The number of fused-ring (bicyclic) bond motifs is 1. The maximum atomic E-state index is 13.6. The molecule has 0 bridgehead atoms. The van der Waals surface area contributed by atoms with Gasteiger partial charge in [-0.15, -0.1) is 5.10 Å². The molecule has 46 heavy (non-hydrogen) atoms. The van der Waals surface area contributed by atoms with Gasteiger partial charge in [0.1, 0.15) is 16.6 Å². The molecule has 0 aliphatic heterocycles. The van der Waals surface area contributed by atoms with Crippen molar-refractivity contribution >= 4 is 23.0 Å². The molecule has 1 atom stereocenters. The summed E-state index contributed by atoms with van der Waals surface area (Å²) in [4.78, 5) is 40.3. The van der Waals surface area contributed by atoms with Gasteiger partial charge in [-0.25, -0.2) is 9.78 Å². The molecule has 0 fully saturated rings. The number of hydrogen-bond donors (Lipinski definition) is 2. The molecule has 2 amide bonds. The van der Waals surface area contributed by atoms with Crippen molar-refractivity contribution in [2.45, 2.75) is 52.1 Å². The standard InChI is InChI=1S/C32H30F3N7O4/c1-19(38-29(43)28-36-16-15-27(39-28)46-42-26-8-6-5-7-25(26)40-41-42)20-9-11-21(12-10-20)24-17-23(32(33,34)35)14-13-22(24)18-37-30(44)45-31(2,3)4/h5-17,19H,18H2,1-4H3,(H,37,44)(H,38,43)/t19-/m1/s1. The number of nitrogens with zero attached hydrogens (tertiary/aromatic N) is 5. The van der Waals surface area contributed by atoms with E-state index in [9.17, 15) is 22.8 Å². The van der Waals surface area contributed by atoms with E-state index in [1.54, 1.807) is 70.2 Å². The number of ether oxygens (including phenoxy) is 1. The molecule has 5 aromatic rings. The summed E-state index contributed by atoms with van der Waals surface area (Å²) >= 11 is 0. The maximum Gasteiger partial charge on any atom is 0.416 e. The normalized spacial score (nSPS) is 12.4. The first-order chi connectivity index (χ1) is 21.8. The number of rotatable bonds is 8. The predicted molar refractivity (Wildman–Crippen MR) is 161 cm³/mol. The average Bonchev–Trinajstić information content (AvgIpc) is 3.41. The van der Waals surface area contributed by atoms with Crippen LogP contribution in [0, 0.1) is 0 Å². The number of halogens is 3. The van der Waals surface area contributed by atoms with Crippen molar-refractivity contribution < 1.29 is 32.3 Å². The zero-order chi connectivity index (χ0) is 33.1. The number of benzene rings is 3. The van der Waals surface area contributed by atoms with Crippen LogP contribution in [0.2, 0.25) is 0 Å².